The molecule has 1 fully saturated rings. The van der Waals surface area contributed by atoms with Crippen LogP contribution in [0.2, 0.25) is 0 Å². The van der Waals surface area contributed by atoms with E-state index in [1.54, 1.807) is 0 Å². The van der Waals surface area contributed by atoms with Gasteiger partial charge in [-0.2, -0.15) is 0 Å². The number of likely N-dealkylation sites (tertiary alicyclic amines) is 1. The Kier molecular flexibility index (Phi) is 5.07. The molecule has 144 valence electrons. The number of aliphatic imine (C=N–C) groups is 1. The second-order valence-electron chi connectivity index (χ2n) is 8.24. The summed E-state index contributed by atoms with van der Waals surface area (Å²) < 4.78 is 0. The first-order valence-electron chi connectivity index (χ1n) is 10.6. The molecule has 1 saturated heterocycles. The highest BCUT2D eigenvalue weighted by Crippen LogP contribution is 2.37. The number of amidine groups is 1. The fraction of sp³-hybridized carbons (Fsp3) is 0.565. The average molecular weight is 366 g/mol. The van der Waals surface area contributed by atoms with Crippen LogP contribution in [-0.2, 0) is 17.6 Å². The van der Waals surface area contributed by atoms with Crippen molar-refractivity contribution in [1.29, 1.82) is 0 Å². The molecular formula is C23H31N3O. The topological polar surface area (TPSA) is 35.9 Å². The standard InChI is InChI=1S/C23H31N3O/c1-4-26-21(24-16(2)3)10-9-20(23(26)27)15-17-13-18-7-5-11-25-12-6-8-19(14-17)22(18)25/h13-16H,4-12H2,1-3H3/b20-15-,24-21?. The van der Waals surface area contributed by atoms with E-state index in [-0.39, 0.29) is 11.9 Å². The molecule has 0 aromatic heterocycles. The van der Waals surface area contributed by atoms with Gasteiger partial charge in [0.05, 0.1) is 0 Å². The number of rotatable bonds is 3. The monoisotopic (exact) mass is 365 g/mol. The Morgan fingerprint density at radius 2 is 1.74 bits per heavy atom. The fourth-order valence-electron chi connectivity index (χ4n) is 4.79. The zero-order chi connectivity index (χ0) is 19.0. The molecule has 1 amide bonds. The van der Waals surface area contributed by atoms with E-state index in [2.05, 4.69) is 41.9 Å². The Morgan fingerprint density at radius 1 is 1.07 bits per heavy atom. The molecule has 4 heteroatoms. The number of aryl methyl sites for hydroxylation is 2. The van der Waals surface area contributed by atoms with E-state index in [0.717, 1.165) is 37.1 Å². The molecule has 0 bridgehead atoms. The summed E-state index contributed by atoms with van der Waals surface area (Å²) in [7, 11) is 0. The van der Waals surface area contributed by atoms with Crippen LogP contribution in [-0.4, -0.2) is 42.3 Å². The first-order valence-corrected chi connectivity index (χ1v) is 10.6. The number of nitrogens with zero attached hydrogens (tertiary/aromatic N) is 3. The molecule has 0 aliphatic carbocycles. The zero-order valence-corrected chi connectivity index (χ0v) is 16.9. The molecule has 3 heterocycles. The van der Waals surface area contributed by atoms with Gasteiger partial charge in [-0.1, -0.05) is 0 Å². The molecule has 4 nitrogen and oxygen atoms in total. The minimum absolute atomic E-state index is 0.135. The molecule has 3 aliphatic heterocycles. The normalized spacial score (nSPS) is 22.7. The third-order valence-corrected chi connectivity index (χ3v) is 5.87. The lowest BCUT2D eigenvalue weighted by Gasteiger charge is -2.37. The minimum atomic E-state index is 0.135. The number of likely N-dealkylation sites (N-methyl/N-ethyl adjacent to an activating group) is 1. The van der Waals surface area contributed by atoms with Crippen LogP contribution in [0.5, 0.6) is 0 Å². The molecular weight excluding hydrogens is 334 g/mol. The molecule has 27 heavy (non-hydrogen) atoms. The highest BCUT2D eigenvalue weighted by molar-refractivity contribution is 6.11. The van der Waals surface area contributed by atoms with Crippen molar-refractivity contribution in [3.63, 3.8) is 0 Å². The van der Waals surface area contributed by atoms with E-state index in [1.165, 1.54) is 48.3 Å². The van der Waals surface area contributed by atoms with Crippen molar-refractivity contribution >= 4 is 23.5 Å². The SMILES string of the molecule is CCN1C(=O)/C(=C\c2cc3c4c(c2)CCCN4CCC3)CCC1=NC(C)C. The molecule has 3 aliphatic rings. The minimum Gasteiger partial charge on any atom is -0.371 e. The fourth-order valence-corrected chi connectivity index (χ4v) is 4.79. The van der Waals surface area contributed by atoms with Gasteiger partial charge in [-0.05, 0) is 87.8 Å². The number of piperidine rings is 1. The Hall–Kier alpha value is -2.10. The van der Waals surface area contributed by atoms with Crippen LogP contribution in [0, 0.1) is 0 Å². The van der Waals surface area contributed by atoms with Gasteiger partial charge >= 0.3 is 0 Å². The van der Waals surface area contributed by atoms with E-state index in [4.69, 9.17) is 0 Å². The maximum atomic E-state index is 13.0. The molecule has 0 atom stereocenters. The van der Waals surface area contributed by atoms with Gasteiger partial charge in [0.25, 0.3) is 5.91 Å². The number of anilines is 1. The van der Waals surface area contributed by atoms with Crippen LogP contribution in [0.15, 0.2) is 22.7 Å². The summed E-state index contributed by atoms with van der Waals surface area (Å²) >= 11 is 0. The molecule has 4 rings (SSSR count). The number of hydrogen-bond acceptors (Lipinski definition) is 3. The summed E-state index contributed by atoms with van der Waals surface area (Å²) in [4.78, 5) is 22.1. The van der Waals surface area contributed by atoms with Crippen molar-refractivity contribution in [3.05, 3.63) is 34.4 Å². The second-order valence-corrected chi connectivity index (χ2v) is 8.24. The zero-order valence-electron chi connectivity index (χ0n) is 16.9. The third kappa shape index (κ3) is 3.54. The quantitative estimate of drug-likeness (QED) is 0.752. The van der Waals surface area contributed by atoms with Crippen LogP contribution >= 0.6 is 0 Å². The van der Waals surface area contributed by atoms with Gasteiger partial charge in [-0.15, -0.1) is 0 Å². The van der Waals surface area contributed by atoms with Crippen molar-refractivity contribution in [1.82, 2.24) is 4.90 Å². The maximum Gasteiger partial charge on any atom is 0.255 e. The van der Waals surface area contributed by atoms with E-state index in [9.17, 15) is 4.79 Å². The van der Waals surface area contributed by atoms with Crippen molar-refractivity contribution in [2.45, 2.75) is 65.3 Å². The smallest absolute Gasteiger partial charge is 0.255 e. The van der Waals surface area contributed by atoms with Crippen LogP contribution in [0.1, 0.15) is 63.1 Å². The number of carbonyl (C=O) groups is 1. The van der Waals surface area contributed by atoms with Gasteiger partial charge in [0, 0.05) is 43.4 Å². The summed E-state index contributed by atoms with van der Waals surface area (Å²) in [6, 6.07) is 4.87. The van der Waals surface area contributed by atoms with Gasteiger partial charge in [-0.3, -0.25) is 14.7 Å². The van der Waals surface area contributed by atoms with Gasteiger partial charge in [-0.25, -0.2) is 0 Å². The summed E-state index contributed by atoms with van der Waals surface area (Å²) in [5.74, 6) is 1.09. The number of amides is 1. The van der Waals surface area contributed by atoms with Crippen LogP contribution in [0.25, 0.3) is 6.08 Å². The molecule has 1 aromatic carbocycles. The Morgan fingerprint density at radius 3 is 2.33 bits per heavy atom. The molecule has 0 unspecified atom stereocenters. The van der Waals surface area contributed by atoms with Gasteiger partial charge in [0.15, 0.2) is 0 Å². The predicted octanol–water partition coefficient (Wildman–Crippen LogP) is 4.22. The maximum absolute atomic E-state index is 13.0. The van der Waals surface area contributed by atoms with Gasteiger partial charge in [0.2, 0.25) is 0 Å². The average Bonchev–Trinajstić information content (AvgIpc) is 2.64. The van der Waals surface area contributed by atoms with Crippen LogP contribution < -0.4 is 4.90 Å². The second kappa shape index (κ2) is 7.49. The molecule has 0 saturated carbocycles. The van der Waals surface area contributed by atoms with Crippen molar-refractivity contribution in [2.24, 2.45) is 4.99 Å². The number of carbonyl (C=O) groups excluding carboxylic acids is 1. The largest absolute Gasteiger partial charge is 0.371 e. The van der Waals surface area contributed by atoms with Gasteiger partial charge < -0.3 is 4.90 Å². The highest BCUT2D eigenvalue weighted by atomic mass is 16.2. The molecule has 0 N–H and O–H groups in total. The van der Waals surface area contributed by atoms with Crippen LogP contribution in [0.3, 0.4) is 0 Å². The Balaban J connectivity index is 1.65. The lowest BCUT2D eigenvalue weighted by Crippen LogP contribution is -2.41. The lowest BCUT2D eigenvalue weighted by molar-refractivity contribution is -0.124. The summed E-state index contributed by atoms with van der Waals surface area (Å²) in [5.41, 5.74) is 6.57. The van der Waals surface area contributed by atoms with Crippen molar-refractivity contribution < 1.29 is 4.79 Å². The molecule has 0 spiro atoms. The van der Waals surface area contributed by atoms with E-state index in [0.29, 0.717) is 6.54 Å². The van der Waals surface area contributed by atoms with Crippen molar-refractivity contribution in [2.75, 3.05) is 24.5 Å². The first-order chi connectivity index (χ1) is 13.1. The summed E-state index contributed by atoms with van der Waals surface area (Å²) in [5, 5.41) is 0. The lowest BCUT2D eigenvalue weighted by atomic mass is 9.89. The molecule has 0 radical (unpaired) electrons. The first kappa shape index (κ1) is 18.3. The Bertz CT molecular complexity index is 775. The van der Waals surface area contributed by atoms with E-state index >= 15 is 0 Å². The van der Waals surface area contributed by atoms with Gasteiger partial charge in [0.1, 0.15) is 5.84 Å². The number of hydrogen-bond donors (Lipinski definition) is 0. The molecule has 1 aromatic rings. The third-order valence-electron chi connectivity index (χ3n) is 5.87. The number of benzene rings is 1. The highest BCUT2D eigenvalue weighted by Gasteiger charge is 2.28. The van der Waals surface area contributed by atoms with Crippen molar-refractivity contribution in [3.8, 4) is 0 Å². The summed E-state index contributed by atoms with van der Waals surface area (Å²) in [6.45, 7) is 9.25. The van der Waals surface area contributed by atoms with E-state index < -0.39 is 0 Å². The van der Waals surface area contributed by atoms with E-state index in [1.807, 2.05) is 11.8 Å². The van der Waals surface area contributed by atoms with Crippen LogP contribution in [0.4, 0.5) is 5.69 Å². The Labute approximate surface area is 163 Å². The predicted molar refractivity (Wildman–Crippen MR) is 112 cm³/mol. The summed E-state index contributed by atoms with van der Waals surface area (Å²) in [6.07, 6.45) is 8.59.